The van der Waals surface area contributed by atoms with E-state index in [-0.39, 0.29) is 5.97 Å². The smallest absolute Gasteiger partial charge is 0.305 e. The molecule has 1 N–H and O–H groups in total. The van der Waals surface area contributed by atoms with Crippen LogP contribution >= 0.6 is 15.9 Å². The maximum Gasteiger partial charge on any atom is 0.305 e. The van der Waals surface area contributed by atoms with Gasteiger partial charge in [-0.2, -0.15) is 0 Å². The number of hydrogen-bond donors (Lipinski definition) is 1. The van der Waals surface area contributed by atoms with E-state index in [1.54, 1.807) is 6.92 Å². The van der Waals surface area contributed by atoms with Gasteiger partial charge in [-0.1, -0.05) is 15.9 Å². The fraction of sp³-hybridized carbons (Fsp3) is 0.875. The number of carbonyl (C=O) groups excluding carboxylic acids is 1. The van der Waals surface area contributed by atoms with Crippen LogP contribution < -0.4 is 0 Å². The molecule has 0 aromatic heterocycles. The minimum atomic E-state index is -0.445. The highest BCUT2D eigenvalue weighted by Gasteiger charge is 2.02. The fourth-order valence-corrected chi connectivity index (χ4v) is 1.14. The van der Waals surface area contributed by atoms with Crippen LogP contribution in [0.2, 0.25) is 0 Å². The Balaban J connectivity index is 3.14. The molecule has 0 fully saturated rings. The number of unbranched alkanes of at least 4 members (excludes halogenated alkanes) is 1. The molecule has 0 spiro atoms. The van der Waals surface area contributed by atoms with E-state index in [1.807, 2.05) is 0 Å². The summed E-state index contributed by atoms with van der Waals surface area (Å²) < 4.78 is 4.74. The lowest BCUT2D eigenvalue weighted by atomic mass is 10.2. The fourth-order valence-electron chi connectivity index (χ4n) is 0.815. The van der Waals surface area contributed by atoms with Crippen molar-refractivity contribution >= 4 is 21.9 Å². The molecule has 4 heteroatoms. The van der Waals surface area contributed by atoms with Gasteiger partial charge in [-0.3, -0.25) is 4.79 Å². The van der Waals surface area contributed by atoms with Crippen LogP contribution in [0.1, 0.15) is 32.6 Å². The summed E-state index contributed by atoms with van der Waals surface area (Å²) in [4.78, 5) is 10.8. The second-order valence-electron chi connectivity index (χ2n) is 2.49. The van der Waals surface area contributed by atoms with Crippen molar-refractivity contribution in [2.75, 3.05) is 6.61 Å². The largest absolute Gasteiger partial charge is 0.466 e. The molecule has 0 saturated carbocycles. The maximum atomic E-state index is 10.8. The summed E-state index contributed by atoms with van der Waals surface area (Å²) in [7, 11) is 0. The number of alkyl halides is 1. The quantitative estimate of drug-likeness (QED) is 0.437. The van der Waals surface area contributed by atoms with Gasteiger partial charge in [0.1, 0.15) is 5.01 Å². The zero-order valence-corrected chi connectivity index (χ0v) is 8.84. The number of rotatable bonds is 6. The van der Waals surface area contributed by atoms with Gasteiger partial charge in [0.05, 0.1) is 6.61 Å². The summed E-state index contributed by atoms with van der Waals surface area (Å²) in [5.74, 6) is -0.151. The van der Waals surface area contributed by atoms with E-state index < -0.39 is 5.01 Å². The van der Waals surface area contributed by atoms with E-state index >= 15 is 0 Å². The first-order chi connectivity index (χ1) is 5.66. The van der Waals surface area contributed by atoms with Gasteiger partial charge in [-0.05, 0) is 26.2 Å². The van der Waals surface area contributed by atoms with Crippen molar-refractivity contribution in [1.29, 1.82) is 0 Å². The van der Waals surface area contributed by atoms with Crippen molar-refractivity contribution in [3.8, 4) is 0 Å². The first kappa shape index (κ1) is 11.9. The summed E-state index contributed by atoms with van der Waals surface area (Å²) in [5.41, 5.74) is 0. The van der Waals surface area contributed by atoms with Crippen molar-refractivity contribution in [1.82, 2.24) is 0 Å². The van der Waals surface area contributed by atoms with E-state index in [0.717, 1.165) is 12.8 Å². The lowest BCUT2D eigenvalue weighted by Crippen LogP contribution is -2.04. The van der Waals surface area contributed by atoms with E-state index in [0.29, 0.717) is 19.4 Å². The van der Waals surface area contributed by atoms with Gasteiger partial charge in [0.25, 0.3) is 0 Å². The third-order valence-electron chi connectivity index (χ3n) is 1.38. The molecular formula is C8H15BrO3. The Labute approximate surface area is 81.2 Å². The zero-order valence-electron chi connectivity index (χ0n) is 7.25. The van der Waals surface area contributed by atoms with Gasteiger partial charge in [-0.25, -0.2) is 0 Å². The minimum Gasteiger partial charge on any atom is -0.466 e. The Kier molecular flexibility index (Phi) is 7.50. The number of hydrogen-bond acceptors (Lipinski definition) is 3. The minimum absolute atomic E-state index is 0.151. The molecule has 3 nitrogen and oxygen atoms in total. The van der Waals surface area contributed by atoms with Crippen LogP contribution in [-0.4, -0.2) is 22.7 Å². The van der Waals surface area contributed by atoms with Crippen LogP contribution in [0, 0.1) is 0 Å². The highest BCUT2D eigenvalue weighted by molar-refractivity contribution is 9.09. The maximum absolute atomic E-state index is 10.8. The normalized spacial score (nSPS) is 12.6. The standard InChI is InChI=1S/C8H15BrO3/c1-2-12-8(11)6-4-3-5-7(9)10/h7,10H,2-6H2,1H3. The van der Waals surface area contributed by atoms with Crippen molar-refractivity contribution in [2.24, 2.45) is 0 Å². The summed E-state index contributed by atoms with van der Waals surface area (Å²) in [6.45, 7) is 2.24. The highest BCUT2D eigenvalue weighted by Crippen LogP contribution is 2.08. The first-order valence-electron chi connectivity index (χ1n) is 4.14. The summed E-state index contributed by atoms with van der Waals surface area (Å²) in [6, 6.07) is 0. The molecule has 0 radical (unpaired) electrons. The Hall–Kier alpha value is -0.0900. The Morgan fingerprint density at radius 2 is 2.25 bits per heavy atom. The van der Waals surface area contributed by atoms with Gasteiger partial charge >= 0.3 is 5.97 Å². The van der Waals surface area contributed by atoms with Gasteiger partial charge in [0, 0.05) is 6.42 Å². The molecule has 0 bridgehead atoms. The molecule has 0 amide bonds. The number of aliphatic hydroxyl groups excluding tert-OH is 1. The molecule has 0 aromatic rings. The molecule has 0 heterocycles. The third kappa shape index (κ3) is 8.01. The third-order valence-corrected chi connectivity index (χ3v) is 1.84. The number of ether oxygens (including phenoxy) is 1. The molecule has 12 heavy (non-hydrogen) atoms. The molecular weight excluding hydrogens is 224 g/mol. The second-order valence-corrected chi connectivity index (χ2v) is 3.54. The number of halogens is 1. The van der Waals surface area contributed by atoms with Crippen LogP contribution in [-0.2, 0) is 9.53 Å². The average molecular weight is 239 g/mol. The Morgan fingerprint density at radius 3 is 2.75 bits per heavy atom. The van der Waals surface area contributed by atoms with Gasteiger partial charge < -0.3 is 9.84 Å². The lowest BCUT2D eigenvalue weighted by Gasteiger charge is -2.02. The van der Waals surface area contributed by atoms with Crippen LogP contribution in [0.25, 0.3) is 0 Å². The molecule has 0 rings (SSSR count). The molecule has 1 atom stereocenters. The van der Waals surface area contributed by atoms with E-state index in [1.165, 1.54) is 0 Å². The summed E-state index contributed by atoms with van der Waals surface area (Å²) in [6.07, 6.45) is 2.75. The zero-order chi connectivity index (χ0) is 9.40. The van der Waals surface area contributed by atoms with Crippen LogP contribution in [0.3, 0.4) is 0 Å². The molecule has 0 aliphatic carbocycles. The van der Waals surface area contributed by atoms with Gasteiger partial charge in [-0.15, -0.1) is 0 Å². The summed E-state index contributed by atoms with van der Waals surface area (Å²) >= 11 is 3.01. The Morgan fingerprint density at radius 1 is 1.58 bits per heavy atom. The topological polar surface area (TPSA) is 46.5 Å². The number of esters is 1. The highest BCUT2D eigenvalue weighted by atomic mass is 79.9. The SMILES string of the molecule is CCOC(=O)CCCCC(O)Br. The van der Waals surface area contributed by atoms with Crippen LogP contribution in [0.5, 0.6) is 0 Å². The van der Waals surface area contributed by atoms with E-state index in [4.69, 9.17) is 9.84 Å². The van der Waals surface area contributed by atoms with Crippen molar-refractivity contribution in [3.63, 3.8) is 0 Å². The van der Waals surface area contributed by atoms with Crippen molar-refractivity contribution < 1.29 is 14.6 Å². The predicted molar refractivity (Wildman–Crippen MR) is 50.0 cm³/mol. The molecule has 0 aromatic carbocycles. The number of aliphatic hydroxyl groups is 1. The molecule has 0 saturated heterocycles. The van der Waals surface area contributed by atoms with Crippen molar-refractivity contribution in [2.45, 2.75) is 37.6 Å². The monoisotopic (exact) mass is 238 g/mol. The lowest BCUT2D eigenvalue weighted by molar-refractivity contribution is -0.143. The molecule has 1 unspecified atom stereocenters. The van der Waals surface area contributed by atoms with Crippen LogP contribution in [0.15, 0.2) is 0 Å². The van der Waals surface area contributed by atoms with Gasteiger partial charge in [0.2, 0.25) is 0 Å². The van der Waals surface area contributed by atoms with E-state index in [9.17, 15) is 4.79 Å². The van der Waals surface area contributed by atoms with Crippen LogP contribution in [0.4, 0.5) is 0 Å². The van der Waals surface area contributed by atoms with Gasteiger partial charge in [0.15, 0.2) is 0 Å². The van der Waals surface area contributed by atoms with E-state index in [2.05, 4.69) is 15.9 Å². The molecule has 72 valence electrons. The second kappa shape index (κ2) is 7.55. The molecule has 0 aliphatic heterocycles. The average Bonchev–Trinajstić information content (AvgIpc) is 1.98. The van der Waals surface area contributed by atoms with Crippen molar-refractivity contribution in [3.05, 3.63) is 0 Å². The Bertz CT molecular complexity index is 125. The first-order valence-corrected chi connectivity index (χ1v) is 5.06. The predicted octanol–water partition coefficient (Wildman–Crippen LogP) is 1.82. The number of carbonyl (C=O) groups is 1. The molecule has 0 aliphatic rings. The summed E-state index contributed by atoms with van der Waals surface area (Å²) in [5, 5.41) is 8.38.